The third-order valence-corrected chi connectivity index (χ3v) is 3.70. The van der Waals surface area contributed by atoms with E-state index < -0.39 is 17.8 Å². The van der Waals surface area contributed by atoms with Crippen LogP contribution in [-0.4, -0.2) is 16.9 Å². The molecule has 0 fully saturated rings. The van der Waals surface area contributed by atoms with Gasteiger partial charge in [-0.1, -0.05) is 0 Å². The highest BCUT2D eigenvalue weighted by atomic mass is 79.9. The number of nitrogens with zero attached hydrogens (tertiary/aromatic N) is 1. The first-order valence-electron chi connectivity index (χ1n) is 7.10. The van der Waals surface area contributed by atoms with E-state index in [1.165, 1.54) is 32.0 Å². The predicted molar refractivity (Wildman–Crippen MR) is 89.7 cm³/mol. The van der Waals surface area contributed by atoms with Gasteiger partial charge in [-0.3, -0.25) is 9.59 Å². The van der Waals surface area contributed by atoms with Gasteiger partial charge in [0.05, 0.1) is 4.47 Å². The lowest BCUT2D eigenvalue weighted by Gasteiger charge is -2.03. The zero-order valence-corrected chi connectivity index (χ0v) is 14.7. The van der Waals surface area contributed by atoms with Crippen LogP contribution in [0.5, 0.6) is 11.5 Å². The van der Waals surface area contributed by atoms with Crippen LogP contribution in [0.25, 0.3) is 22.6 Å². The minimum Gasteiger partial charge on any atom is -0.435 e. The van der Waals surface area contributed by atoms with Gasteiger partial charge < -0.3 is 13.9 Å². The van der Waals surface area contributed by atoms with Gasteiger partial charge in [0, 0.05) is 25.5 Å². The van der Waals surface area contributed by atoms with Crippen molar-refractivity contribution in [2.24, 2.45) is 0 Å². The molecule has 3 aromatic rings. The summed E-state index contributed by atoms with van der Waals surface area (Å²) < 4.78 is 30.0. The van der Waals surface area contributed by atoms with Crippen LogP contribution in [0.3, 0.4) is 0 Å². The number of halogens is 2. The maximum Gasteiger partial charge on any atom is 0.308 e. The molecule has 0 atom stereocenters. The zero-order chi connectivity index (χ0) is 18.1. The smallest absolute Gasteiger partial charge is 0.308 e. The number of esters is 2. The Kier molecular flexibility index (Phi) is 4.54. The molecule has 8 heteroatoms. The van der Waals surface area contributed by atoms with Gasteiger partial charge in [0.25, 0.3) is 0 Å². The van der Waals surface area contributed by atoms with Gasteiger partial charge in [-0.15, -0.1) is 0 Å². The number of carbonyl (C=O) groups is 2. The van der Waals surface area contributed by atoms with Gasteiger partial charge in [0.15, 0.2) is 17.1 Å². The summed E-state index contributed by atoms with van der Waals surface area (Å²) in [5, 5.41) is 0. The first kappa shape index (κ1) is 17.1. The van der Waals surface area contributed by atoms with Crippen LogP contribution in [-0.2, 0) is 9.59 Å². The van der Waals surface area contributed by atoms with Crippen molar-refractivity contribution < 1.29 is 27.9 Å². The van der Waals surface area contributed by atoms with Crippen LogP contribution in [0.4, 0.5) is 4.39 Å². The Labute approximate surface area is 149 Å². The number of fused-ring (bicyclic) bond motifs is 1. The molecular formula is C17H11BrFNO5. The summed E-state index contributed by atoms with van der Waals surface area (Å²) in [6.07, 6.45) is 0. The molecule has 0 aliphatic heterocycles. The van der Waals surface area contributed by atoms with Gasteiger partial charge in [0.1, 0.15) is 11.3 Å². The normalized spacial score (nSPS) is 10.7. The highest BCUT2D eigenvalue weighted by Gasteiger charge is 2.16. The first-order valence-corrected chi connectivity index (χ1v) is 7.89. The van der Waals surface area contributed by atoms with Crippen molar-refractivity contribution >= 4 is 39.0 Å². The Balaban J connectivity index is 2.01. The third kappa shape index (κ3) is 3.69. The van der Waals surface area contributed by atoms with Gasteiger partial charge in [-0.25, -0.2) is 9.37 Å². The Morgan fingerprint density at radius 3 is 2.48 bits per heavy atom. The van der Waals surface area contributed by atoms with Gasteiger partial charge in [-0.2, -0.15) is 0 Å². The van der Waals surface area contributed by atoms with Crippen LogP contribution in [0.15, 0.2) is 39.2 Å². The van der Waals surface area contributed by atoms with E-state index >= 15 is 0 Å². The number of carbonyl (C=O) groups excluding carboxylic acids is 2. The quantitative estimate of drug-likeness (QED) is 0.477. The molecule has 3 rings (SSSR count). The molecule has 0 N–H and O–H groups in total. The lowest BCUT2D eigenvalue weighted by Crippen LogP contribution is -2.03. The number of aromatic nitrogens is 1. The summed E-state index contributed by atoms with van der Waals surface area (Å²) in [6.45, 7) is 2.48. The van der Waals surface area contributed by atoms with Crippen molar-refractivity contribution in [3.8, 4) is 23.0 Å². The summed E-state index contributed by atoms with van der Waals surface area (Å²) in [4.78, 5) is 26.3. The fourth-order valence-corrected chi connectivity index (χ4v) is 2.70. The van der Waals surface area contributed by atoms with E-state index in [2.05, 4.69) is 20.9 Å². The molecule has 0 saturated heterocycles. The fraction of sp³-hybridized carbons (Fsp3) is 0.118. The SMILES string of the molecule is CC(=O)Oc1cc(Br)c2oc(-c3ccc(OC(C)=O)c(F)c3)nc2c1. The van der Waals surface area contributed by atoms with Crippen molar-refractivity contribution in [3.05, 3.63) is 40.6 Å². The standard InChI is InChI=1S/C17H11BrFNO5/c1-8(21)23-11-6-12(18)16-14(7-11)20-17(25-16)10-3-4-15(13(19)5-10)24-9(2)22/h3-7H,1-2H3. The van der Waals surface area contributed by atoms with E-state index in [1.807, 2.05) is 0 Å². The van der Waals surface area contributed by atoms with E-state index in [0.717, 1.165) is 6.07 Å². The van der Waals surface area contributed by atoms with E-state index in [0.29, 0.717) is 26.9 Å². The Hall–Kier alpha value is -2.74. The number of rotatable bonds is 3. The van der Waals surface area contributed by atoms with Crippen molar-refractivity contribution in [3.63, 3.8) is 0 Å². The van der Waals surface area contributed by atoms with Crippen LogP contribution < -0.4 is 9.47 Å². The number of benzene rings is 2. The average molecular weight is 408 g/mol. The molecule has 25 heavy (non-hydrogen) atoms. The van der Waals surface area contributed by atoms with Crippen molar-refractivity contribution in [1.82, 2.24) is 4.98 Å². The van der Waals surface area contributed by atoms with E-state index in [9.17, 15) is 14.0 Å². The highest BCUT2D eigenvalue weighted by Crippen LogP contribution is 2.34. The summed E-state index contributed by atoms with van der Waals surface area (Å²) in [5.74, 6) is -1.49. The van der Waals surface area contributed by atoms with E-state index in [4.69, 9.17) is 13.9 Å². The van der Waals surface area contributed by atoms with Crippen molar-refractivity contribution in [2.45, 2.75) is 13.8 Å². The summed E-state index contributed by atoms with van der Waals surface area (Å²) in [5.41, 5.74) is 1.23. The minimum atomic E-state index is -0.713. The fourth-order valence-electron chi connectivity index (χ4n) is 2.19. The maximum atomic E-state index is 14.0. The van der Waals surface area contributed by atoms with Crippen LogP contribution >= 0.6 is 15.9 Å². The number of hydrogen-bond acceptors (Lipinski definition) is 6. The van der Waals surface area contributed by atoms with Crippen LogP contribution in [0, 0.1) is 5.82 Å². The van der Waals surface area contributed by atoms with Gasteiger partial charge >= 0.3 is 11.9 Å². The molecule has 0 saturated carbocycles. The summed E-state index contributed by atoms with van der Waals surface area (Å²) in [7, 11) is 0. The molecule has 128 valence electrons. The summed E-state index contributed by atoms with van der Waals surface area (Å²) >= 11 is 3.32. The largest absolute Gasteiger partial charge is 0.435 e. The molecule has 1 heterocycles. The third-order valence-electron chi connectivity index (χ3n) is 3.11. The molecule has 2 aromatic carbocycles. The lowest BCUT2D eigenvalue weighted by atomic mass is 10.2. The summed E-state index contributed by atoms with van der Waals surface area (Å²) in [6, 6.07) is 7.11. The van der Waals surface area contributed by atoms with E-state index in [1.54, 1.807) is 6.07 Å². The Bertz CT molecular complexity index is 998. The molecule has 0 radical (unpaired) electrons. The second-order valence-electron chi connectivity index (χ2n) is 5.10. The molecule has 6 nitrogen and oxygen atoms in total. The van der Waals surface area contributed by atoms with E-state index in [-0.39, 0.29) is 11.6 Å². The minimum absolute atomic E-state index is 0.170. The highest BCUT2D eigenvalue weighted by molar-refractivity contribution is 9.10. The molecular weight excluding hydrogens is 397 g/mol. The molecule has 0 aliphatic rings. The second kappa shape index (κ2) is 6.64. The second-order valence-corrected chi connectivity index (χ2v) is 5.96. The first-order chi connectivity index (χ1) is 11.8. The van der Waals surface area contributed by atoms with Crippen LogP contribution in [0.1, 0.15) is 13.8 Å². The molecule has 1 aromatic heterocycles. The Morgan fingerprint density at radius 2 is 1.84 bits per heavy atom. The Morgan fingerprint density at radius 1 is 1.12 bits per heavy atom. The number of oxazole rings is 1. The number of ether oxygens (including phenoxy) is 2. The average Bonchev–Trinajstić information content (AvgIpc) is 2.93. The molecule has 0 aliphatic carbocycles. The topological polar surface area (TPSA) is 78.6 Å². The van der Waals surface area contributed by atoms with Crippen molar-refractivity contribution in [1.29, 1.82) is 0 Å². The molecule has 0 bridgehead atoms. The predicted octanol–water partition coefficient (Wildman–Crippen LogP) is 4.25. The lowest BCUT2D eigenvalue weighted by molar-refractivity contribution is -0.132. The van der Waals surface area contributed by atoms with Gasteiger partial charge in [-0.05, 0) is 40.2 Å². The number of hydrogen-bond donors (Lipinski definition) is 0. The van der Waals surface area contributed by atoms with Crippen LogP contribution in [0.2, 0.25) is 0 Å². The molecule has 0 amide bonds. The molecule has 0 unspecified atom stereocenters. The van der Waals surface area contributed by atoms with Gasteiger partial charge in [0.2, 0.25) is 5.89 Å². The monoisotopic (exact) mass is 407 g/mol. The van der Waals surface area contributed by atoms with Crippen molar-refractivity contribution in [2.75, 3.05) is 0 Å². The maximum absolute atomic E-state index is 14.0. The zero-order valence-electron chi connectivity index (χ0n) is 13.1. The molecule has 0 spiro atoms.